The molecule has 0 bridgehead atoms. The van der Waals surface area contributed by atoms with Gasteiger partial charge in [0.05, 0.1) is 0 Å². The molecule has 1 heterocycles. The van der Waals surface area contributed by atoms with Crippen LogP contribution in [0.1, 0.15) is 55.6 Å². The van der Waals surface area contributed by atoms with Crippen LogP contribution in [0.5, 0.6) is 0 Å². The first-order chi connectivity index (χ1) is 36.1. The van der Waals surface area contributed by atoms with Gasteiger partial charge in [-0.05, 0) is 0 Å². The zero-order valence-corrected chi connectivity index (χ0v) is 69.3. The molecule has 32 heteroatoms. The molecule has 0 spiro atoms. The molecule has 8 radical (unpaired) electrons. The zero-order valence-electron chi connectivity index (χ0n) is 44.6. The standard InChI is InChI=1S/2C10H15.2C5H5.C2H4Cl2.20CO.8Ir.2Mo/c2*1-6-7(2)9(4)10(5)8(6)3;2*1-2-4-5-3-1;1-3-2-4-1;20*1-2;;;;;;;;;;/h2*1-5H3;2*1-5H;1-2H2;;;;;;;;;;;;;;;;;;;;;;;;;;;;;;/q4*-1;+2;;;;;;;;;;;;;;;;;;;;;;;;;;;;;;. The van der Waals surface area contributed by atoms with E-state index in [4.69, 9.17) is 93.0 Å². The number of alkyl halides is 4. The molecule has 0 saturated carbocycles. The van der Waals surface area contributed by atoms with E-state index in [1.165, 1.54) is 66.3 Å². The van der Waals surface area contributed by atoms with E-state index in [0.717, 1.165) is 0 Å². The maximum Gasteiger partial charge on any atom is 0 e. The Morgan fingerprint density at radius 1 is 0.262 bits per heavy atom. The third-order valence-electron chi connectivity index (χ3n) is 7.02. The third kappa shape index (κ3) is 185. The van der Waals surface area contributed by atoms with Gasteiger partial charge in [-0.3, -0.25) is 0 Å². The van der Waals surface area contributed by atoms with Crippen LogP contribution in [0.15, 0.2) is 60.7 Å². The van der Waals surface area contributed by atoms with Crippen molar-refractivity contribution in [2.75, 3.05) is 10.7 Å². The molecular weight excluding hydrogens is 2750 g/mol. The smallest absolute Gasteiger partial charge is 0 e. The third-order valence-corrected chi connectivity index (χ3v) is 9.31. The van der Waals surface area contributed by atoms with E-state index in [1.807, 2.05) is 60.7 Å². The first kappa shape index (κ1) is 199. The Hall–Kier alpha value is -0.649. The summed E-state index contributed by atoms with van der Waals surface area (Å²) in [7, 11) is 4.67. The largest absolute Gasteiger partial charge is 0.214 e. The molecule has 0 N–H and O–H groups in total. The molecule has 0 atom stereocenters. The summed E-state index contributed by atoms with van der Waals surface area (Å²) in [6, 6.07) is 20.0. The molecule has 1 saturated heterocycles. The molecule has 20 nitrogen and oxygen atoms in total. The van der Waals surface area contributed by atoms with Crippen LogP contribution in [0.2, 0.25) is 0 Å². The van der Waals surface area contributed by atoms with Gasteiger partial charge < -0.3 is 0 Å². The summed E-state index contributed by atoms with van der Waals surface area (Å²) in [6.07, 6.45) is 0. The Labute approximate surface area is 639 Å². The first-order valence-corrected chi connectivity index (χ1v) is 18.1. The molecular formula is C52H44Cl2Ir8Mo2O20-2. The van der Waals surface area contributed by atoms with Crippen molar-refractivity contribution in [1.82, 2.24) is 0 Å². The van der Waals surface area contributed by atoms with Gasteiger partial charge in [0, 0.05) is 203 Å². The fraction of sp³-hybridized carbons (Fsp3) is 0.231. The van der Waals surface area contributed by atoms with Gasteiger partial charge in [0.15, 0.2) is 0 Å². The van der Waals surface area contributed by atoms with Crippen molar-refractivity contribution in [3.63, 3.8) is 0 Å². The minimum atomic E-state index is 0. The number of hydrogen-bond acceptors (Lipinski definition) is 0. The van der Waals surface area contributed by atoms with Crippen LogP contribution in [0, 0.1) is 224 Å². The normalized spacial score (nSPS) is 5.07. The minimum absolute atomic E-state index is 0. The minimum Gasteiger partial charge on any atom is -0.214 e. The van der Waals surface area contributed by atoms with Crippen molar-refractivity contribution in [2.45, 2.75) is 69.2 Å². The monoisotopic (exact) mass is 2800 g/mol. The second-order valence-electron chi connectivity index (χ2n) is 8.75. The van der Waals surface area contributed by atoms with Crippen molar-refractivity contribution < 1.29 is 318 Å². The van der Waals surface area contributed by atoms with Crippen molar-refractivity contribution in [2.24, 2.45) is 0 Å². The molecule has 0 amide bonds. The summed E-state index contributed by atoms with van der Waals surface area (Å²) in [4.78, 5) is 0. The Morgan fingerprint density at radius 2 is 0.345 bits per heavy atom. The summed E-state index contributed by atoms with van der Waals surface area (Å²) in [6.45, 7) is 112. The summed E-state index contributed by atoms with van der Waals surface area (Å²) < 4.78 is 150. The van der Waals surface area contributed by atoms with Crippen LogP contribution in [-0.4, -0.2) is 10.7 Å². The second-order valence-corrected chi connectivity index (χ2v) is 11.1. The predicted molar refractivity (Wildman–Crippen MR) is 224 cm³/mol. The summed E-state index contributed by atoms with van der Waals surface area (Å²) in [5, 5.41) is 2.44. The number of hydrogen-bond donors (Lipinski definition) is 0. The summed E-state index contributed by atoms with van der Waals surface area (Å²) >= 11 is 0. The summed E-state index contributed by atoms with van der Waals surface area (Å²) in [5.74, 6) is 0. The molecule has 0 unspecified atom stereocenters. The summed E-state index contributed by atoms with van der Waals surface area (Å²) in [5.41, 5.74) is 14.7. The van der Waals surface area contributed by atoms with Gasteiger partial charge in [-0.15, -0.1) is 0 Å². The maximum atomic E-state index is 7.50. The van der Waals surface area contributed by atoms with E-state index >= 15 is 0 Å². The van der Waals surface area contributed by atoms with Crippen molar-refractivity contribution in [3.05, 3.63) is 249 Å². The predicted octanol–water partition coefficient (Wildman–Crippen LogP) is 8.02. The van der Waals surface area contributed by atoms with Gasteiger partial charge in [-0.2, -0.15) is 92.0 Å². The topological polar surface area (TPSA) is 398 Å². The molecule has 1 aliphatic heterocycles. The molecule has 1 fully saturated rings. The Balaban J connectivity index is -0.0000000133. The fourth-order valence-corrected chi connectivity index (χ4v) is 4.10. The van der Waals surface area contributed by atoms with Crippen LogP contribution in [0.4, 0.5) is 0 Å². The Kier molecular flexibility index (Phi) is 686. The van der Waals surface area contributed by atoms with Crippen molar-refractivity contribution in [3.8, 4) is 0 Å². The molecule has 0 aliphatic carbocycles. The van der Waals surface area contributed by atoms with E-state index < -0.39 is 0 Å². The van der Waals surface area contributed by atoms with Crippen LogP contribution in [-0.2, 0) is 296 Å². The second kappa shape index (κ2) is 290. The zero-order chi connectivity index (χ0) is 65.7. The first-order valence-electron chi connectivity index (χ1n) is 16.0. The van der Waals surface area contributed by atoms with E-state index in [-0.39, 0.29) is 203 Å². The van der Waals surface area contributed by atoms with E-state index in [2.05, 4.69) is 224 Å². The Bertz CT molecular complexity index is 1510. The Morgan fingerprint density at radius 3 is 0.369 bits per heavy atom. The van der Waals surface area contributed by atoms with Gasteiger partial charge in [-0.25, -0.2) is 24.3 Å². The van der Waals surface area contributed by atoms with E-state index in [9.17, 15) is 0 Å². The molecule has 1 aliphatic rings. The molecule has 4 aromatic carbocycles. The van der Waals surface area contributed by atoms with Crippen LogP contribution < -0.4 is 0 Å². The molecule has 5 rings (SSSR count). The number of halogens is 2. The average Bonchev–Trinajstić information content (AvgIpc) is 4.39. The molecule has 472 valence electrons. The van der Waals surface area contributed by atoms with Crippen molar-refractivity contribution in [1.29, 1.82) is 0 Å². The van der Waals surface area contributed by atoms with E-state index in [1.54, 1.807) is 0 Å². The van der Waals surface area contributed by atoms with Gasteiger partial charge in [0.2, 0.25) is 0 Å². The SMILES string of the molecule is C1[Cl+]C[Cl+]1.Cc1c(C)c(C)[c-](C)c1C.Cc1c(C)c(C)[c-](C)c1C.[C-]#[O+].[C-]#[O+].[C-]#[O+].[C-]#[O+].[C-]#[O+].[C-]#[O+].[C-]#[O+].[C-]#[O+].[C-]#[O+].[C-]#[O+].[C-]#[O+].[C-]#[O+].[C-]#[O+].[C-]#[O+].[C-]#[O+].[C-]#[O+].[C-]#[O+].[C-]#[O+].[C-]#[O+].[C-]#[O+].[Ir].[Ir].[Ir].[Ir].[Ir].[Ir].[Ir].[Ir].[Mo].[Mo].c1cc[cH-]c1.c1cc[cH-]c1. The van der Waals surface area contributed by atoms with Crippen LogP contribution in [0.25, 0.3) is 0 Å². The quantitative estimate of drug-likeness (QED) is 0.0699. The van der Waals surface area contributed by atoms with Crippen LogP contribution >= 0.6 is 0 Å². The average molecular weight is 2790 g/mol. The van der Waals surface area contributed by atoms with Gasteiger partial charge >= 0.3 is 237 Å². The van der Waals surface area contributed by atoms with Crippen molar-refractivity contribution >= 4 is 0 Å². The van der Waals surface area contributed by atoms with E-state index in [0.29, 0.717) is 0 Å². The number of rotatable bonds is 0. The molecule has 4 aromatic rings. The van der Waals surface area contributed by atoms with Gasteiger partial charge in [0.25, 0.3) is 21.6 Å². The van der Waals surface area contributed by atoms with Gasteiger partial charge in [-0.1, -0.05) is 69.2 Å². The van der Waals surface area contributed by atoms with Crippen LogP contribution in [0.3, 0.4) is 0 Å². The maximum absolute atomic E-state index is 7.50. The van der Waals surface area contributed by atoms with Gasteiger partial charge in [0.1, 0.15) is 0 Å². The molecule has 0 aromatic heterocycles. The fourth-order valence-electron chi connectivity index (χ4n) is 3.53. The molecule has 84 heavy (non-hydrogen) atoms.